The van der Waals surface area contributed by atoms with E-state index in [0.717, 1.165) is 22.6 Å². The molecule has 0 radical (unpaired) electrons. The van der Waals surface area contributed by atoms with Gasteiger partial charge < -0.3 is 14.6 Å². The highest BCUT2D eigenvalue weighted by molar-refractivity contribution is 5.37. The highest BCUT2D eigenvalue weighted by atomic mass is 16.5. The maximum Gasteiger partial charge on any atom is 0.122 e. The number of para-hydroxylation sites is 1. The van der Waals surface area contributed by atoms with Crippen LogP contribution in [-0.4, -0.2) is 19.3 Å². The van der Waals surface area contributed by atoms with Crippen molar-refractivity contribution in [3.63, 3.8) is 0 Å². The van der Waals surface area contributed by atoms with Crippen molar-refractivity contribution in [3.05, 3.63) is 59.7 Å². The van der Waals surface area contributed by atoms with Crippen LogP contribution in [0, 0.1) is 0 Å². The van der Waals surface area contributed by atoms with Gasteiger partial charge in [0.1, 0.15) is 11.5 Å². The van der Waals surface area contributed by atoms with Crippen LogP contribution >= 0.6 is 0 Å². The Labute approximate surface area is 119 Å². The summed E-state index contributed by atoms with van der Waals surface area (Å²) >= 11 is 0. The molecule has 0 heterocycles. The fourth-order valence-electron chi connectivity index (χ4n) is 2.27. The third-order valence-corrected chi connectivity index (χ3v) is 3.44. The van der Waals surface area contributed by atoms with Crippen molar-refractivity contribution in [1.29, 1.82) is 0 Å². The van der Waals surface area contributed by atoms with Gasteiger partial charge in [0.25, 0.3) is 0 Å². The van der Waals surface area contributed by atoms with Crippen LogP contribution < -0.4 is 9.47 Å². The highest BCUT2D eigenvalue weighted by Crippen LogP contribution is 2.30. The predicted molar refractivity (Wildman–Crippen MR) is 79.3 cm³/mol. The number of benzene rings is 2. The standard InChI is InChI=1S/C17H20O3/c1-17(18,14-8-10-15(19-2)11-9-14)12-13-6-4-5-7-16(13)20-3/h4-11,18H,12H2,1-3H3. The number of aliphatic hydroxyl groups is 1. The van der Waals surface area contributed by atoms with E-state index in [9.17, 15) is 5.11 Å². The summed E-state index contributed by atoms with van der Waals surface area (Å²) in [5, 5.41) is 10.7. The summed E-state index contributed by atoms with van der Waals surface area (Å²) in [6.07, 6.45) is 0.489. The van der Waals surface area contributed by atoms with E-state index in [1.165, 1.54) is 0 Å². The van der Waals surface area contributed by atoms with E-state index in [1.54, 1.807) is 21.1 Å². The predicted octanol–water partition coefficient (Wildman–Crippen LogP) is 3.15. The molecule has 106 valence electrons. The lowest BCUT2D eigenvalue weighted by Crippen LogP contribution is -2.24. The first kappa shape index (κ1) is 14.4. The first-order valence-electron chi connectivity index (χ1n) is 6.55. The zero-order chi connectivity index (χ0) is 14.6. The molecule has 0 aliphatic rings. The van der Waals surface area contributed by atoms with Crippen molar-refractivity contribution < 1.29 is 14.6 Å². The van der Waals surface area contributed by atoms with Gasteiger partial charge in [0.05, 0.1) is 19.8 Å². The summed E-state index contributed by atoms with van der Waals surface area (Å²) in [4.78, 5) is 0. The molecule has 0 spiro atoms. The Morgan fingerprint density at radius 3 is 2.20 bits per heavy atom. The molecule has 3 nitrogen and oxygen atoms in total. The van der Waals surface area contributed by atoms with E-state index in [0.29, 0.717) is 6.42 Å². The maximum absolute atomic E-state index is 10.7. The minimum Gasteiger partial charge on any atom is -0.497 e. The molecule has 0 saturated carbocycles. The van der Waals surface area contributed by atoms with Gasteiger partial charge in [0.2, 0.25) is 0 Å². The van der Waals surface area contributed by atoms with Crippen molar-refractivity contribution in [2.45, 2.75) is 18.9 Å². The zero-order valence-electron chi connectivity index (χ0n) is 12.1. The first-order chi connectivity index (χ1) is 9.56. The van der Waals surface area contributed by atoms with Crippen LogP contribution in [0.4, 0.5) is 0 Å². The lowest BCUT2D eigenvalue weighted by molar-refractivity contribution is 0.0569. The lowest BCUT2D eigenvalue weighted by Gasteiger charge is -2.25. The van der Waals surface area contributed by atoms with Crippen molar-refractivity contribution in [2.75, 3.05) is 14.2 Å². The normalized spacial score (nSPS) is 13.6. The first-order valence-corrected chi connectivity index (χ1v) is 6.55. The van der Waals surface area contributed by atoms with Crippen molar-refractivity contribution in [2.24, 2.45) is 0 Å². The Balaban J connectivity index is 2.25. The second kappa shape index (κ2) is 5.97. The van der Waals surface area contributed by atoms with Gasteiger partial charge in [-0.05, 0) is 36.2 Å². The molecular weight excluding hydrogens is 252 g/mol. The summed E-state index contributed by atoms with van der Waals surface area (Å²) in [5.74, 6) is 1.57. The largest absolute Gasteiger partial charge is 0.497 e. The summed E-state index contributed by atoms with van der Waals surface area (Å²) in [6, 6.07) is 15.2. The zero-order valence-corrected chi connectivity index (χ0v) is 12.1. The van der Waals surface area contributed by atoms with Gasteiger partial charge in [0, 0.05) is 6.42 Å². The van der Waals surface area contributed by atoms with E-state index < -0.39 is 5.60 Å². The molecule has 2 aromatic rings. The molecule has 0 aromatic heterocycles. The number of hydrogen-bond acceptors (Lipinski definition) is 3. The van der Waals surface area contributed by atoms with Crippen molar-refractivity contribution >= 4 is 0 Å². The Morgan fingerprint density at radius 2 is 1.60 bits per heavy atom. The van der Waals surface area contributed by atoms with Gasteiger partial charge in [-0.3, -0.25) is 0 Å². The maximum atomic E-state index is 10.7. The molecule has 0 amide bonds. The van der Waals surface area contributed by atoms with E-state index in [-0.39, 0.29) is 0 Å². The fraction of sp³-hybridized carbons (Fsp3) is 0.294. The average Bonchev–Trinajstić information content (AvgIpc) is 2.47. The van der Waals surface area contributed by atoms with Gasteiger partial charge >= 0.3 is 0 Å². The number of ether oxygens (including phenoxy) is 2. The number of hydrogen-bond donors (Lipinski definition) is 1. The van der Waals surface area contributed by atoms with Gasteiger partial charge in [-0.15, -0.1) is 0 Å². The van der Waals surface area contributed by atoms with Gasteiger partial charge in [-0.1, -0.05) is 30.3 Å². The molecule has 1 atom stereocenters. The third-order valence-electron chi connectivity index (χ3n) is 3.44. The molecule has 1 N–H and O–H groups in total. The van der Waals surface area contributed by atoms with Crippen LogP contribution in [0.25, 0.3) is 0 Å². The number of methoxy groups -OCH3 is 2. The quantitative estimate of drug-likeness (QED) is 0.908. The monoisotopic (exact) mass is 272 g/mol. The van der Waals surface area contributed by atoms with Crippen molar-refractivity contribution in [3.8, 4) is 11.5 Å². The second-order valence-electron chi connectivity index (χ2n) is 4.99. The summed E-state index contributed by atoms with van der Waals surface area (Å²) in [6.45, 7) is 1.81. The van der Waals surface area contributed by atoms with Crippen LogP contribution in [0.2, 0.25) is 0 Å². The lowest BCUT2D eigenvalue weighted by atomic mass is 9.89. The van der Waals surface area contributed by atoms with E-state index >= 15 is 0 Å². The molecule has 20 heavy (non-hydrogen) atoms. The Morgan fingerprint density at radius 1 is 0.950 bits per heavy atom. The second-order valence-corrected chi connectivity index (χ2v) is 4.99. The molecule has 1 unspecified atom stereocenters. The molecule has 0 fully saturated rings. The number of rotatable bonds is 5. The van der Waals surface area contributed by atoms with Gasteiger partial charge in [0.15, 0.2) is 0 Å². The summed E-state index contributed by atoms with van der Waals surface area (Å²) in [7, 11) is 3.27. The van der Waals surface area contributed by atoms with Crippen LogP contribution in [0.1, 0.15) is 18.1 Å². The average molecular weight is 272 g/mol. The van der Waals surface area contributed by atoms with Gasteiger partial charge in [-0.2, -0.15) is 0 Å². The molecule has 0 aliphatic heterocycles. The molecule has 2 aromatic carbocycles. The van der Waals surface area contributed by atoms with Gasteiger partial charge in [-0.25, -0.2) is 0 Å². The van der Waals surface area contributed by atoms with E-state index in [2.05, 4.69) is 0 Å². The Hall–Kier alpha value is -2.00. The minimum atomic E-state index is -0.957. The van der Waals surface area contributed by atoms with Crippen molar-refractivity contribution in [1.82, 2.24) is 0 Å². The summed E-state index contributed by atoms with van der Waals surface area (Å²) in [5.41, 5.74) is 0.876. The SMILES string of the molecule is COc1ccc(C(C)(O)Cc2ccccc2OC)cc1. The molecular formula is C17H20O3. The smallest absolute Gasteiger partial charge is 0.122 e. The van der Waals surface area contributed by atoms with Crippen LogP contribution in [0.15, 0.2) is 48.5 Å². The van der Waals surface area contributed by atoms with E-state index in [4.69, 9.17) is 9.47 Å². The van der Waals surface area contributed by atoms with E-state index in [1.807, 2.05) is 48.5 Å². The third kappa shape index (κ3) is 3.11. The fourth-order valence-corrected chi connectivity index (χ4v) is 2.27. The van der Waals surface area contributed by atoms with Crippen LogP contribution in [-0.2, 0) is 12.0 Å². The molecule has 2 rings (SSSR count). The summed E-state index contributed by atoms with van der Waals surface area (Å²) < 4.78 is 10.5. The molecule has 0 saturated heterocycles. The minimum absolute atomic E-state index is 0.489. The molecule has 0 aliphatic carbocycles. The highest BCUT2D eigenvalue weighted by Gasteiger charge is 2.25. The topological polar surface area (TPSA) is 38.7 Å². The molecule has 0 bridgehead atoms. The Kier molecular flexibility index (Phi) is 4.30. The Bertz CT molecular complexity index is 559. The van der Waals surface area contributed by atoms with Crippen LogP contribution in [0.3, 0.4) is 0 Å². The molecule has 3 heteroatoms. The van der Waals surface area contributed by atoms with Crippen LogP contribution in [0.5, 0.6) is 11.5 Å².